The first-order chi connectivity index (χ1) is 4.20. The summed E-state index contributed by atoms with van der Waals surface area (Å²) in [4.78, 5) is 3.52. The highest BCUT2D eigenvalue weighted by Gasteiger charge is 1.97. The average molecular weight is 252 g/mol. The molecule has 4 heteroatoms. The Hall–Kier alpha value is -0.0900. The largest absolute Gasteiger partial charge is 0.492 e. The zero-order valence-corrected chi connectivity index (χ0v) is 7.40. The van der Waals surface area contributed by atoms with E-state index in [2.05, 4.69) is 43.0 Å². The summed E-state index contributed by atoms with van der Waals surface area (Å²) in [6.07, 6.45) is 2.53. The van der Waals surface area contributed by atoms with E-state index in [1.54, 1.807) is 6.07 Å². The van der Waals surface area contributed by atoms with Crippen molar-refractivity contribution < 1.29 is 5.11 Å². The minimum atomic E-state index is -0.0433. The van der Waals surface area contributed by atoms with E-state index in [4.69, 9.17) is 5.11 Å². The first-order valence-corrected chi connectivity index (χ1v) is 3.71. The molecule has 0 saturated heterocycles. The highest BCUT2D eigenvalue weighted by Crippen LogP contribution is 2.23. The van der Waals surface area contributed by atoms with E-state index in [1.807, 2.05) is 0 Å². The third kappa shape index (κ3) is 1.66. The van der Waals surface area contributed by atoms with Crippen molar-refractivity contribution in [1.29, 1.82) is 0 Å². The van der Waals surface area contributed by atoms with Crippen LogP contribution in [0.5, 0.6) is 5.88 Å². The van der Waals surface area contributed by atoms with Crippen LogP contribution >= 0.6 is 31.9 Å². The molecule has 1 aromatic rings. The lowest BCUT2D eigenvalue weighted by atomic mass is 10.5. The van der Waals surface area contributed by atoms with Crippen molar-refractivity contribution in [3.8, 4) is 5.88 Å². The lowest BCUT2D eigenvalue weighted by Crippen LogP contribution is -1.75. The van der Waals surface area contributed by atoms with Gasteiger partial charge in [-0.25, -0.2) is 4.98 Å². The monoisotopic (exact) mass is 250 g/mol. The molecule has 0 aliphatic heterocycles. The minimum Gasteiger partial charge on any atom is -0.492 e. The summed E-state index contributed by atoms with van der Waals surface area (Å²) < 4.78 is 1.28. The van der Waals surface area contributed by atoms with Gasteiger partial charge in [-0.2, -0.15) is 0 Å². The maximum atomic E-state index is 8.83. The van der Waals surface area contributed by atoms with Gasteiger partial charge in [0.05, 0.1) is 4.47 Å². The van der Waals surface area contributed by atoms with E-state index in [9.17, 15) is 0 Å². The number of aromatic nitrogens is 1. The molecule has 1 radical (unpaired) electrons. The lowest BCUT2D eigenvalue weighted by Gasteiger charge is -1.92. The topological polar surface area (TPSA) is 33.1 Å². The highest BCUT2D eigenvalue weighted by atomic mass is 79.9. The molecule has 1 aromatic heterocycles. The van der Waals surface area contributed by atoms with Gasteiger partial charge in [0.2, 0.25) is 5.88 Å². The SMILES string of the molecule is Oc1n[c]c(Br)cc1Br. The van der Waals surface area contributed by atoms with Crippen LogP contribution in [0.2, 0.25) is 0 Å². The van der Waals surface area contributed by atoms with E-state index in [0.29, 0.717) is 8.95 Å². The first-order valence-electron chi connectivity index (χ1n) is 2.13. The second kappa shape index (κ2) is 2.66. The van der Waals surface area contributed by atoms with Crippen LogP contribution in [-0.4, -0.2) is 10.1 Å². The van der Waals surface area contributed by atoms with Gasteiger partial charge < -0.3 is 5.11 Å². The van der Waals surface area contributed by atoms with Gasteiger partial charge in [-0.05, 0) is 37.9 Å². The van der Waals surface area contributed by atoms with Crippen LogP contribution in [0.15, 0.2) is 15.0 Å². The third-order valence-electron chi connectivity index (χ3n) is 0.736. The van der Waals surface area contributed by atoms with Crippen LogP contribution in [0, 0.1) is 6.20 Å². The van der Waals surface area contributed by atoms with Gasteiger partial charge in [-0.3, -0.25) is 0 Å². The average Bonchev–Trinajstić information content (AvgIpc) is 1.80. The predicted octanol–water partition coefficient (Wildman–Crippen LogP) is 2.11. The van der Waals surface area contributed by atoms with E-state index >= 15 is 0 Å². The number of hydrogen-bond acceptors (Lipinski definition) is 2. The smallest absolute Gasteiger partial charge is 0.226 e. The fourth-order valence-corrected chi connectivity index (χ4v) is 1.31. The summed E-state index contributed by atoms with van der Waals surface area (Å²) in [5.41, 5.74) is 0. The summed E-state index contributed by atoms with van der Waals surface area (Å²) in [6.45, 7) is 0. The standard InChI is InChI=1S/C5H2Br2NO/c6-3-1-4(7)5(9)8-2-3/h1H,(H,8,9). The summed E-state index contributed by atoms with van der Waals surface area (Å²) >= 11 is 6.22. The molecule has 47 valence electrons. The quantitative estimate of drug-likeness (QED) is 0.766. The van der Waals surface area contributed by atoms with Crippen LogP contribution in [0.3, 0.4) is 0 Å². The molecule has 1 heterocycles. The molecule has 0 spiro atoms. The molecule has 0 saturated carbocycles. The number of pyridine rings is 1. The number of aromatic hydroxyl groups is 1. The molecule has 0 amide bonds. The van der Waals surface area contributed by atoms with Crippen LogP contribution in [-0.2, 0) is 0 Å². The molecule has 0 aromatic carbocycles. The molecule has 0 atom stereocenters. The van der Waals surface area contributed by atoms with Crippen molar-refractivity contribution in [2.24, 2.45) is 0 Å². The molecular formula is C5H2Br2NO. The molecular weight excluding hydrogens is 250 g/mol. The molecule has 2 nitrogen and oxygen atoms in total. The molecule has 1 rings (SSSR count). The molecule has 0 aliphatic carbocycles. The maximum Gasteiger partial charge on any atom is 0.226 e. The van der Waals surface area contributed by atoms with Crippen molar-refractivity contribution >= 4 is 31.9 Å². The van der Waals surface area contributed by atoms with Crippen molar-refractivity contribution in [3.63, 3.8) is 0 Å². The highest BCUT2D eigenvalue weighted by molar-refractivity contribution is 9.11. The van der Waals surface area contributed by atoms with Crippen molar-refractivity contribution in [2.75, 3.05) is 0 Å². The van der Waals surface area contributed by atoms with Crippen molar-refractivity contribution in [3.05, 3.63) is 21.2 Å². The van der Waals surface area contributed by atoms with E-state index in [-0.39, 0.29) is 5.88 Å². The van der Waals surface area contributed by atoms with Crippen LogP contribution in [0.1, 0.15) is 0 Å². The van der Waals surface area contributed by atoms with Crippen LogP contribution < -0.4 is 0 Å². The molecule has 0 bridgehead atoms. The van der Waals surface area contributed by atoms with Crippen LogP contribution in [0.25, 0.3) is 0 Å². The van der Waals surface area contributed by atoms with E-state index < -0.39 is 0 Å². The Balaban J connectivity index is 3.17. The Morgan fingerprint density at radius 1 is 1.56 bits per heavy atom. The number of nitrogens with zero attached hydrogens (tertiary/aromatic N) is 1. The molecule has 0 aliphatic rings. The summed E-state index contributed by atoms with van der Waals surface area (Å²) in [5, 5.41) is 8.83. The Morgan fingerprint density at radius 2 is 2.22 bits per heavy atom. The van der Waals surface area contributed by atoms with Gasteiger partial charge in [-0.15, -0.1) is 0 Å². The second-order valence-corrected chi connectivity index (χ2v) is 3.10. The fourth-order valence-electron chi connectivity index (χ4n) is 0.368. The van der Waals surface area contributed by atoms with Crippen molar-refractivity contribution in [2.45, 2.75) is 0 Å². The van der Waals surface area contributed by atoms with Gasteiger partial charge in [0, 0.05) is 4.47 Å². The molecule has 0 unspecified atom stereocenters. The molecule has 1 N–H and O–H groups in total. The second-order valence-electron chi connectivity index (χ2n) is 1.39. The van der Waals surface area contributed by atoms with E-state index in [0.717, 1.165) is 0 Å². The number of halogens is 2. The van der Waals surface area contributed by atoms with Gasteiger partial charge in [0.15, 0.2) is 0 Å². The lowest BCUT2D eigenvalue weighted by molar-refractivity contribution is 0.449. The summed E-state index contributed by atoms with van der Waals surface area (Å²) in [5.74, 6) is -0.0433. The summed E-state index contributed by atoms with van der Waals surface area (Å²) in [6, 6.07) is 1.67. The molecule has 9 heavy (non-hydrogen) atoms. The zero-order valence-electron chi connectivity index (χ0n) is 4.23. The Labute approximate surface area is 69.2 Å². The predicted molar refractivity (Wildman–Crippen MR) is 40.1 cm³/mol. The normalized spacial score (nSPS) is 9.56. The number of rotatable bonds is 0. The van der Waals surface area contributed by atoms with Gasteiger partial charge in [0.1, 0.15) is 6.20 Å². The molecule has 0 fully saturated rings. The number of hydrogen-bond donors (Lipinski definition) is 1. The van der Waals surface area contributed by atoms with E-state index in [1.165, 1.54) is 0 Å². The van der Waals surface area contributed by atoms with Gasteiger partial charge in [0.25, 0.3) is 0 Å². The maximum absolute atomic E-state index is 8.83. The minimum absolute atomic E-state index is 0.0433. The van der Waals surface area contributed by atoms with Gasteiger partial charge in [-0.1, -0.05) is 0 Å². The fraction of sp³-hybridized carbons (Fsp3) is 0. The summed E-state index contributed by atoms with van der Waals surface area (Å²) in [7, 11) is 0. The third-order valence-corrected chi connectivity index (χ3v) is 1.73. The Bertz CT molecular complexity index is 226. The zero-order chi connectivity index (χ0) is 6.85. The van der Waals surface area contributed by atoms with Crippen LogP contribution in [0.4, 0.5) is 0 Å². The first kappa shape index (κ1) is 7.02. The van der Waals surface area contributed by atoms with Gasteiger partial charge >= 0.3 is 0 Å². The van der Waals surface area contributed by atoms with Crippen molar-refractivity contribution in [1.82, 2.24) is 4.98 Å². The Morgan fingerprint density at radius 3 is 2.67 bits per heavy atom. The Kier molecular flexibility index (Phi) is 2.08.